The van der Waals surface area contributed by atoms with Gasteiger partial charge in [0.05, 0.1) is 4.90 Å². The Hall–Kier alpha value is -3.49. The van der Waals surface area contributed by atoms with Crippen LogP contribution in [0.4, 0.5) is 11.4 Å². The first kappa shape index (κ1) is 23.7. The van der Waals surface area contributed by atoms with Crippen LogP contribution in [0.1, 0.15) is 40.5 Å². The van der Waals surface area contributed by atoms with Gasteiger partial charge < -0.3 is 10.6 Å². The SMILES string of the molecule is CC1CCN(S(=O)(=O)c2ccc(NC(=O)c3cccc(NC(=O)c4ccccc4)c3)cc2)CC1. The van der Waals surface area contributed by atoms with Gasteiger partial charge in [0.2, 0.25) is 10.0 Å². The van der Waals surface area contributed by atoms with E-state index in [2.05, 4.69) is 17.6 Å². The lowest BCUT2D eigenvalue weighted by molar-refractivity contribution is 0.101. The van der Waals surface area contributed by atoms with E-state index >= 15 is 0 Å². The highest BCUT2D eigenvalue weighted by atomic mass is 32.2. The van der Waals surface area contributed by atoms with E-state index in [9.17, 15) is 18.0 Å². The van der Waals surface area contributed by atoms with Crippen LogP contribution in [0.3, 0.4) is 0 Å². The van der Waals surface area contributed by atoms with Crippen LogP contribution in [0.15, 0.2) is 83.8 Å². The van der Waals surface area contributed by atoms with Crippen LogP contribution >= 0.6 is 0 Å². The molecule has 2 N–H and O–H groups in total. The second kappa shape index (κ2) is 10.2. The molecule has 176 valence electrons. The van der Waals surface area contributed by atoms with Crippen molar-refractivity contribution in [1.29, 1.82) is 0 Å². The van der Waals surface area contributed by atoms with Gasteiger partial charge in [-0.3, -0.25) is 9.59 Å². The van der Waals surface area contributed by atoms with Crippen molar-refractivity contribution in [2.24, 2.45) is 5.92 Å². The average Bonchev–Trinajstić information content (AvgIpc) is 2.85. The predicted octanol–water partition coefficient (Wildman–Crippen LogP) is 4.61. The summed E-state index contributed by atoms with van der Waals surface area (Å²) >= 11 is 0. The van der Waals surface area contributed by atoms with Crippen molar-refractivity contribution >= 4 is 33.2 Å². The van der Waals surface area contributed by atoms with Gasteiger partial charge in [-0.15, -0.1) is 0 Å². The Morgan fingerprint density at radius 2 is 1.35 bits per heavy atom. The van der Waals surface area contributed by atoms with Crippen LogP contribution in [-0.2, 0) is 10.0 Å². The van der Waals surface area contributed by atoms with E-state index in [1.807, 2.05) is 6.07 Å². The monoisotopic (exact) mass is 477 g/mol. The molecule has 1 heterocycles. The Kier molecular flexibility index (Phi) is 7.09. The summed E-state index contributed by atoms with van der Waals surface area (Å²) in [6.45, 7) is 3.19. The van der Waals surface area contributed by atoms with Gasteiger partial charge in [0.15, 0.2) is 0 Å². The Balaban J connectivity index is 1.41. The number of benzene rings is 3. The zero-order valence-electron chi connectivity index (χ0n) is 18.9. The number of anilines is 2. The number of nitrogens with zero attached hydrogens (tertiary/aromatic N) is 1. The summed E-state index contributed by atoms with van der Waals surface area (Å²) in [5.74, 6) is -0.0937. The van der Waals surface area contributed by atoms with Gasteiger partial charge in [-0.05, 0) is 73.4 Å². The minimum Gasteiger partial charge on any atom is -0.322 e. The van der Waals surface area contributed by atoms with Gasteiger partial charge >= 0.3 is 0 Å². The van der Waals surface area contributed by atoms with Crippen LogP contribution < -0.4 is 10.6 Å². The van der Waals surface area contributed by atoms with E-state index in [1.165, 1.54) is 16.4 Å². The molecular formula is C26H27N3O4S. The number of hydrogen-bond donors (Lipinski definition) is 2. The third kappa shape index (κ3) is 5.52. The molecule has 1 saturated heterocycles. The molecule has 34 heavy (non-hydrogen) atoms. The molecular weight excluding hydrogens is 450 g/mol. The summed E-state index contributed by atoms with van der Waals surface area (Å²) in [6.07, 6.45) is 1.72. The van der Waals surface area contributed by atoms with E-state index in [4.69, 9.17) is 0 Å². The summed E-state index contributed by atoms with van der Waals surface area (Å²) in [5, 5.41) is 5.56. The molecule has 3 aromatic rings. The number of carbonyl (C=O) groups excluding carboxylic acids is 2. The van der Waals surface area contributed by atoms with Crippen LogP contribution in [0, 0.1) is 5.92 Å². The second-order valence-corrected chi connectivity index (χ2v) is 10.4. The highest BCUT2D eigenvalue weighted by Gasteiger charge is 2.27. The lowest BCUT2D eigenvalue weighted by Gasteiger charge is -2.29. The molecule has 0 spiro atoms. The zero-order chi connectivity index (χ0) is 24.1. The van der Waals surface area contributed by atoms with E-state index in [1.54, 1.807) is 60.7 Å². The Bertz CT molecular complexity index is 1270. The molecule has 0 saturated carbocycles. The Morgan fingerprint density at radius 3 is 2.03 bits per heavy atom. The van der Waals surface area contributed by atoms with E-state index in [-0.39, 0.29) is 16.7 Å². The van der Waals surface area contributed by atoms with Crippen molar-refractivity contribution < 1.29 is 18.0 Å². The highest BCUT2D eigenvalue weighted by molar-refractivity contribution is 7.89. The number of piperidine rings is 1. The summed E-state index contributed by atoms with van der Waals surface area (Å²) < 4.78 is 27.3. The van der Waals surface area contributed by atoms with E-state index in [0.29, 0.717) is 41.5 Å². The number of hydrogen-bond acceptors (Lipinski definition) is 4. The fourth-order valence-corrected chi connectivity index (χ4v) is 5.29. The summed E-state index contributed by atoms with van der Waals surface area (Å²) in [4.78, 5) is 25.3. The molecule has 1 aliphatic rings. The van der Waals surface area contributed by atoms with E-state index < -0.39 is 10.0 Å². The first-order chi connectivity index (χ1) is 16.3. The van der Waals surface area contributed by atoms with Crippen LogP contribution in [0.5, 0.6) is 0 Å². The molecule has 4 rings (SSSR count). The molecule has 1 fully saturated rings. The quantitative estimate of drug-likeness (QED) is 0.542. The second-order valence-electron chi connectivity index (χ2n) is 8.47. The van der Waals surface area contributed by atoms with Crippen molar-refractivity contribution in [1.82, 2.24) is 4.31 Å². The number of amides is 2. The molecule has 0 aliphatic carbocycles. The summed E-state index contributed by atoms with van der Waals surface area (Å²) in [7, 11) is -3.54. The van der Waals surface area contributed by atoms with Crippen LogP contribution in [0.25, 0.3) is 0 Å². The van der Waals surface area contributed by atoms with Gasteiger partial charge in [-0.2, -0.15) is 4.31 Å². The standard InChI is InChI=1S/C26H27N3O4S/c1-19-14-16-29(17-15-19)34(32,33)24-12-10-22(11-13-24)27-26(31)21-8-5-9-23(18-21)28-25(30)20-6-3-2-4-7-20/h2-13,18-19H,14-17H2,1H3,(H,27,31)(H,28,30). The fraction of sp³-hybridized carbons (Fsp3) is 0.231. The molecule has 0 bridgehead atoms. The van der Waals surface area contributed by atoms with Gasteiger partial charge in [0.1, 0.15) is 0 Å². The number of nitrogens with one attached hydrogen (secondary N) is 2. The molecule has 2 amide bonds. The Morgan fingerprint density at radius 1 is 0.765 bits per heavy atom. The first-order valence-electron chi connectivity index (χ1n) is 11.2. The largest absolute Gasteiger partial charge is 0.322 e. The number of carbonyl (C=O) groups is 2. The highest BCUT2D eigenvalue weighted by Crippen LogP contribution is 2.24. The number of rotatable bonds is 6. The third-order valence-electron chi connectivity index (χ3n) is 5.91. The minimum atomic E-state index is -3.54. The van der Waals surface area contributed by atoms with Gasteiger partial charge in [0.25, 0.3) is 11.8 Å². The fourth-order valence-electron chi connectivity index (χ4n) is 3.82. The van der Waals surface area contributed by atoms with Crippen molar-refractivity contribution in [3.05, 3.63) is 90.0 Å². The molecule has 8 heteroatoms. The molecule has 3 aromatic carbocycles. The summed E-state index contributed by atoms with van der Waals surface area (Å²) in [5.41, 5.74) is 1.87. The van der Waals surface area contributed by atoms with Crippen molar-refractivity contribution in [3.63, 3.8) is 0 Å². The van der Waals surface area contributed by atoms with Crippen molar-refractivity contribution in [2.75, 3.05) is 23.7 Å². The Labute approximate surface area is 199 Å². The minimum absolute atomic E-state index is 0.214. The topological polar surface area (TPSA) is 95.6 Å². The lowest BCUT2D eigenvalue weighted by atomic mass is 10.0. The predicted molar refractivity (Wildman–Crippen MR) is 132 cm³/mol. The first-order valence-corrected chi connectivity index (χ1v) is 12.6. The van der Waals surface area contributed by atoms with Gasteiger partial charge in [-0.25, -0.2) is 8.42 Å². The van der Waals surface area contributed by atoms with E-state index in [0.717, 1.165) is 12.8 Å². The molecule has 0 radical (unpaired) electrons. The van der Waals surface area contributed by atoms with Gasteiger partial charge in [0, 0.05) is 35.6 Å². The van der Waals surface area contributed by atoms with Crippen molar-refractivity contribution in [3.8, 4) is 0 Å². The smallest absolute Gasteiger partial charge is 0.255 e. The lowest BCUT2D eigenvalue weighted by Crippen LogP contribution is -2.37. The van der Waals surface area contributed by atoms with Crippen LogP contribution in [0.2, 0.25) is 0 Å². The molecule has 7 nitrogen and oxygen atoms in total. The normalized spacial score (nSPS) is 15.0. The van der Waals surface area contributed by atoms with Gasteiger partial charge in [-0.1, -0.05) is 31.2 Å². The number of sulfonamides is 1. The molecule has 1 aliphatic heterocycles. The zero-order valence-corrected chi connectivity index (χ0v) is 19.7. The molecule has 0 atom stereocenters. The van der Waals surface area contributed by atoms with Crippen LogP contribution in [-0.4, -0.2) is 37.6 Å². The maximum Gasteiger partial charge on any atom is 0.255 e. The third-order valence-corrected chi connectivity index (χ3v) is 7.82. The van der Waals surface area contributed by atoms with Crippen molar-refractivity contribution in [2.45, 2.75) is 24.7 Å². The average molecular weight is 478 g/mol. The maximum atomic E-state index is 12.9. The summed E-state index contributed by atoms with van der Waals surface area (Å²) in [6, 6.07) is 21.6. The molecule has 0 unspecified atom stereocenters. The maximum absolute atomic E-state index is 12.9. The molecule has 0 aromatic heterocycles.